The maximum atomic E-state index is 10.5. The lowest BCUT2D eigenvalue weighted by atomic mass is 10.3. The minimum Gasteiger partial charge on any atom is -0.347 e. The van der Waals surface area contributed by atoms with Crippen LogP contribution < -0.4 is 0 Å². The fourth-order valence-electron chi connectivity index (χ4n) is 0.448. The predicted octanol–water partition coefficient (Wildman–Crippen LogP) is 0.0723. The summed E-state index contributed by atoms with van der Waals surface area (Å²) in [7, 11) is 1.03. The van der Waals surface area contributed by atoms with Crippen molar-refractivity contribution in [3.8, 4) is 0 Å². The van der Waals surface area contributed by atoms with Crippen LogP contribution in [0.2, 0.25) is 0 Å². The van der Waals surface area contributed by atoms with E-state index in [0.29, 0.717) is 0 Å². The van der Waals surface area contributed by atoms with Crippen LogP contribution in [-0.2, 0) is 14.2 Å². The first-order chi connectivity index (χ1) is 3.98. The zero-order chi connectivity index (χ0) is 7.49. The van der Waals surface area contributed by atoms with E-state index >= 15 is 0 Å². The summed E-state index contributed by atoms with van der Waals surface area (Å²) in [6.45, 7) is 3.55. The van der Waals surface area contributed by atoms with Gasteiger partial charge in [0.2, 0.25) is 0 Å². The second kappa shape index (κ2) is 3.22. The molecule has 0 heterocycles. The average molecular weight is 148 g/mol. The van der Waals surface area contributed by atoms with Gasteiger partial charge in [0.25, 0.3) is 10.1 Å². The van der Waals surface area contributed by atoms with E-state index in [2.05, 4.69) is 12.1 Å². The van der Waals surface area contributed by atoms with Crippen LogP contribution in [0, 0.1) is 5.92 Å². The molecule has 2 radical (unpaired) electrons. The Balaban J connectivity index is 3.90. The molecule has 52 valence electrons. The van der Waals surface area contributed by atoms with Gasteiger partial charge in [0.15, 0.2) is 0 Å². The predicted molar refractivity (Wildman–Crippen MR) is 35.5 cm³/mol. The van der Waals surface area contributed by atoms with Crippen molar-refractivity contribution >= 4 is 18.2 Å². The van der Waals surface area contributed by atoms with E-state index in [1.807, 2.05) is 0 Å². The molecule has 0 bridgehead atoms. The Hall–Kier alpha value is -0.0251. The Kier molecular flexibility index (Phi) is 3.21. The maximum Gasteiger partial charge on any atom is 0.311 e. The van der Waals surface area contributed by atoms with E-state index in [1.54, 1.807) is 13.8 Å². The summed E-state index contributed by atoms with van der Waals surface area (Å²) >= 11 is 0. The molecule has 0 saturated carbocycles. The van der Waals surface area contributed by atoms with Crippen molar-refractivity contribution in [1.29, 1.82) is 0 Å². The second-order valence-corrected chi connectivity index (χ2v) is 3.86. The lowest BCUT2D eigenvalue weighted by Crippen LogP contribution is -2.13. The van der Waals surface area contributed by atoms with E-state index in [-0.39, 0.29) is 11.7 Å². The molecule has 0 amide bonds. The van der Waals surface area contributed by atoms with E-state index in [4.69, 9.17) is 0 Å². The highest BCUT2D eigenvalue weighted by Gasteiger charge is 2.09. The van der Waals surface area contributed by atoms with Gasteiger partial charge in [0, 0.05) is 0 Å². The standard InChI is InChI=1S/C4H9BO3S/c1-4(2)3-9(6,7)8-5/h4H,3H2,1-2H3. The van der Waals surface area contributed by atoms with Crippen LogP contribution >= 0.6 is 0 Å². The topological polar surface area (TPSA) is 43.4 Å². The molecule has 3 nitrogen and oxygen atoms in total. The van der Waals surface area contributed by atoms with Crippen LogP contribution in [0.5, 0.6) is 0 Å². The van der Waals surface area contributed by atoms with E-state index in [9.17, 15) is 8.42 Å². The van der Waals surface area contributed by atoms with Crippen molar-refractivity contribution in [3.05, 3.63) is 0 Å². The molecular formula is C4H9BO3S. The smallest absolute Gasteiger partial charge is 0.311 e. The molecule has 0 aliphatic heterocycles. The van der Waals surface area contributed by atoms with Gasteiger partial charge in [-0.1, -0.05) is 13.8 Å². The molecule has 5 heteroatoms. The molecular weight excluding hydrogens is 139 g/mol. The Morgan fingerprint density at radius 3 is 2.11 bits per heavy atom. The van der Waals surface area contributed by atoms with Crippen LogP contribution in [0.15, 0.2) is 0 Å². The summed E-state index contributed by atoms with van der Waals surface area (Å²) in [5.74, 6) is 0.0299. The van der Waals surface area contributed by atoms with Crippen molar-refractivity contribution < 1.29 is 12.5 Å². The first kappa shape index (κ1) is 8.97. The molecule has 0 aliphatic carbocycles. The van der Waals surface area contributed by atoms with E-state index in [1.165, 1.54) is 0 Å². The van der Waals surface area contributed by atoms with Gasteiger partial charge in [-0.15, -0.1) is 0 Å². The molecule has 0 unspecified atom stereocenters. The summed E-state index contributed by atoms with van der Waals surface area (Å²) in [6, 6.07) is 0. The van der Waals surface area contributed by atoms with Gasteiger partial charge < -0.3 is 4.10 Å². The SMILES string of the molecule is [B]OS(=O)(=O)CC(C)C. The summed E-state index contributed by atoms with van der Waals surface area (Å²) in [5, 5.41) is 0. The monoisotopic (exact) mass is 148 g/mol. The Labute approximate surface area is 57.0 Å². The Morgan fingerprint density at radius 1 is 1.56 bits per heavy atom. The Bertz CT molecular complexity index is 161. The van der Waals surface area contributed by atoms with Gasteiger partial charge in [-0.05, 0) is 5.92 Å². The van der Waals surface area contributed by atoms with Crippen molar-refractivity contribution in [1.82, 2.24) is 0 Å². The van der Waals surface area contributed by atoms with E-state index < -0.39 is 10.1 Å². The fourth-order valence-corrected chi connectivity index (χ4v) is 1.34. The van der Waals surface area contributed by atoms with Crippen LogP contribution in [-0.4, -0.2) is 22.2 Å². The molecule has 0 aromatic rings. The van der Waals surface area contributed by atoms with Gasteiger partial charge in [-0.25, -0.2) is 8.42 Å². The summed E-state index contributed by atoms with van der Waals surface area (Å²) in [4.78, 5) is 0. The largest absolute Gasteiger partial charge is 0.347 e. The van der Waals surface area contributed by atoms with Crippen LogP contribution in [0.1, 0.15) is 13.8 Å². The lowest BCUT2D eigenvalue weighted by molar-refractivity contribution is 0.497. The molecule has 0 rings (SSSR count). The molecule has 0 aliphatic rings. The second-order valence-electron chi connectivity index (χ2n) is 2.21. The zero-order valence-electron chi connectivity index (χ0n) is 5.49. The van der Waals surface area contributed by atoms with Crippen molar-refractivity contribution in [2.45, 2.75) is 13.8 Å². The average Bonchev–Trinajstić information content (AvgIpc) is 1.63. The first-order valence-corrected chi connectivity index (χ1v) is 4.16. The van der Waals surface area contributed by atoms with E-state index in [0.717, 1.165) is 0 Å². The van der Waals surface area contributed by atoms with Gasteiger partial charge >= 0.3 is 8.05 Å². The molecule has 0 fully saturated rings. The van der Waals surface area contributed by atoms with Gasteiger partial charge in [0.05, 0.1) is 5.75 Å². The molecule has 0 atom stereocenters. The normalized spacial score (nSPS) is 12.3. The van der Waals surface area contributed by atoms with Gasteiger partial charge in [-0.3, -0.25) is 0 Å². The van der Waals surface area contributed by atoms with Gasteiger partial charge in [0.1, 0.15) is 0 Å². The molecule has 0 aromatic heterocycles. The zero-order valence-corrected chi connectivity index (χ0v) is 6.31. The molecule has 0 saturated heterocycles. The number of hydrogen-bond acceptors (Lipinski definition) is 3. The summed E-state index contributed by atoms with van der Waals surface area (Å²) in [6.07, 6.45) is 0. The molecule has 0 aromatic carbocycles. The van der Waals surface area contributed by atoms with Crippen molar-refractivity contribution in [2.24, 2.45) is 5.92 Å². The van der Waals surface area contributed by atoms with Crippen LogP contribution in [0.3, 0.4) is 0 Å². The highest BCUT2D eigenvalue weighted by atomic mass is 32.2. The van der Waals surface area contributed by atoms with Gasteiger partial charge in [-0.2, -0.15) is 0 Å². The first-order valence-electron chi connectivity index (χ1n) is 2.59. The molecule has 0 spiro atoms. The quantitative estimate of drug-likeness (QED) is 0.532. The third-order valence-corrected chi connectivity index (χ3v) is 2.05. The number of rotatable bonds is 3. The minimum absolute atomic E-state index is 0.0243. The lowest BCUT2D eigenvalue weighted by Gasteiger charge is -2.02. The summed E-state index contributed by atoms with van der Waals surface area (Å²) < 4.78 is 24.6. The maximum absolute atomic E-state index is 10.5. The Morgan fingerprint density at radius 2 is 2.00 bits per heavy atom. The third kappa shape index (κ3) is 4.48. The van der Waals surface area contributed by atoms with Crippen LogP contribution in [0.25, 0.3) is 0 Å². The third-order valence-electron chi connectivity index (χ3n) is 0.684. The van der Waals surface area contributed by atoms with Crippen LogP contribution in [0.4, 0.5) is 0 Å². The fraction of sp³-hybridized carbons (Fsp3) is 1.00. The highest BCUT2D eigenvalue weighted by molar-refractivity contribution is 7.87. The van der Waals surface area contributed by atoms with Crippen molar-refractivity contribution in [2.75, 3.05) is 5.75 Å². The number of hydrogen-bond donors (Lipinski definition) is 0. The highest BCUT2D eigenvalue weighted by Crippen LogP contribution is 1.99. The molecule has 9 heavy (non-hydrogen) atoms. The molecule has 0 N–H and O–H groups in total. The minimum atomic E-state index is -3.44. The van der Waals surface area contributed by atoms with Crippen molar-refractivity contribution in [3.63, 3.8) is 0 Å². The summed E-state index contributed by atoms with van der Waals surface area (Å²) in [5.41, 5.74) is 0.